The minimum atomic E-state index is -1.05. The second kappa shape index (κ2) is 6.20. The van der Waals surface area contributed by atoms with Gasteiger partial charge in [-0.3, -0.25) is 9.59 Å². The van der Waals surface area contributed by atoms with Crippen molar-refractivity contribution in [1.29, 1.82) is 5.26 Å². The van der Waals surface area contributed by atoms with E-state index in [1.165, 1.54) is 19.4 Å². The molecule has 0 aliphatic carbocycles. The second-order valence-corrected chi connectivity index (χ2v) is 3.33. The van der Waals surface area contributed by atoms with E-state index in [2.05, 4.69) is 10.3 Å². The zero-order valence-electron chi connectivity index (χ0n) is 9.64. The molecule has 0 unspecified atom stereocenters. The van der Waals surface area contributed by atoms with E-state index in [0.29, 0.717) is 5.56 Å². The number of rotatable bonds is 5. The van der Waals surface area contributed by atoms with E-state index in [0.717, 1.165) is 0 Å². The van der Waals surface area contributed by atoms with E-state index in [9.17, 15) is 9.59 Å². The number of pyridine rings is 1. The summed E-state index contributed by atoms with van der Waals surface area (Å²) in [6, 6.07) is 3.32. The maximum absolute atomic E-state index is 11.4. The molecule has 0 aliphatic rings. The Hall–Kier alpha value is -2.62. The monoisotopic (exact) mass is 249 g/mol. The Morgan fingerprint density at radius 3 is 2.83 bits per heavy atom. The topological polar surface area (TPSA) is 112 Å². The van der Waals surface area contributed by atoms with E-state index in [-0.39, 0.29) is 24.4 Å². The van der Waals surface area contributed by atoms with Gasteiger partial charge in [-0.1, -0.05) is 0 Å². The van der Waals surface area contributed by atoms with Gasteiger partial charge in [-0.2, -0.15) is 5.26 Å². The molecule has 0 atom stereocenters. The fraction of sp³-hybridized carbons (Fsp3) is 0.273. The van der Waals surface area contributed by atoms with Gasteiger partial charge in [0.15, 0.2) is 11.6 Å². The third-order valence-corrected chi connectivity index (χ3v) is 2.03. The molecule has 7 nitrogen and oxygen atoms in total. The fourth-order valence-corrected chi connectivity index (χ4v) is 1.17. The SMILES string of the molecule is COc1cc(C#N)cnc1NC(=O)CCC(=O)O. The van der Waals surface area contributed by atoms with Crippen LogP contribution in [0.25, 0.3) is 0 Å². The lowest BCUT2D eigenvalue weighted by atomic mass is 10.2. The second-order valence-electron chi connectivity index (χ2n) is 3.33. The molecule has 94 valence electrons. The predicted octanol–water partition coefficient (Wildman–Crippen LogP) is 0.765. The zero-order valence-corrected chi connectivity index (χ0v) is 9.64. The largest absolute Gasteiger partial charge is 0.493 e. The number of carbonyl (C=O) groups excluding carboxylic acids is 1. The molecule has 1 heterocycles. The Balaban J connectivity index is 2.75. The van der Waals surface area contributed by atoms with Gasteiger partial charge in [-0.15, -0.1) is 0 Å². The van der Waals surface area contributed by atoms with Crippen molar-refractivity contribution in [3.05, 3.63) is 17.8 Å². The van der Waals surface area contributed by atoms with E-state index in [4.69, 9.17) is 15.1 Å². The summed E-state index contributed by atoms with van der Waals surface area (Å²) in [5, 5.41) is 19.5. The molecule has 0 bridgehead atoms. The van der Waals surface area contributed by atoms with Gasteiger partial charge in [-0.25, -0.2) is 4.98 Å². The van der Waals surface area contributed by atoms with Gasteiger partial charge in [0, 0.05) is 18.7 Å². The number of nitriles is 1. The van der Waals surface area contributed by atoms with Crippen LogP contribution in [0.5, 0.6) is 5.75 Å². The lowest BCUT2D eigenvalue weighted by Crippen LogP contribution is -2.14. The number of hydrogen-bond acceptors (Lipinski definition) is 5. The number of carbonyl (C=O) groups is 2. The lowest BCUT2D eigenvalue weighted by molar-refractivity contribution is -0.138. The summed E-state index contributed by atoms with van der Waals surface area (Å²) < 4.78 is 4.97. The average Bonchev–Trinajstić information content (AvgIpc) is 2.36. The van der Waals surface area contributed by atoms with Gasteiger partial charge in [0.25, 0.3) is 0 Å². The van der Waals surface area contributed by atoms with Gasteiger partial charge in [0.2, 0.25) is 5.91 Å². The Bertz CT molecular complexity index is 508. The molecule has 0 aromatic carbocycles. The molecule has 0 saturated carbocycles. The number of methoxy groups -OCH3 is 1. The lowest BCUT2D eigenvalue weighted by Gasteiger charge is -2.08. The van der Waals surface area contributed by atoms with Crippen LogP contribution in [0.3, 0.4) is 0 Å². The smallest absolute Gasteiger partial charge is 0.303 e. The highest BCUT2D eigenvalue weighted by Gasteiger charge is 2.11. The third kappa shape index (κ3) is 3.75. The van der Waals surface area contributed by atoms with Crippen LogP contribution < -0.4 is 10.1 Å². The summed E-state index contributed by atoms with van der Waals surface area (Å²) in [5.41, 5.74) is 0.301. The maximum Gasteiger partial charge on any atom is 0.303 e. The highest BCUT2D eigenvalue weighted by atomic mass is 16.5. The first kappa shape index (κ1) is 13.4. The number of carboxylic acids is 1. The van der Waals surface area contributed by atoms with Gasteiger partial charge >= 0.3 is 5.97 Å². The van der Waals surface area contributed by atoms with Gasteiger partial charge in [0.1, 0.15) is 6.07 Å². The molecule has 0 fully saturated rings. The molecule has 2 N–H and O–H groups in total. The van der Waals surface area contributed by atoms with E-state index in [1.807, 2.05) is 6.07 Å². The minimum Gasteiger partial charge on any atom is -0.493 e. The molecule has 18 heavy (non-hydrogen) atoms. The standard InChI is InChI=1S/C11H11N3O4/c1-18-8-4-7(5-12)6-13-11(8)14-9(15)2-3-10(16)17/h4,6H,2-3H2,1H3,(H,16,17)(H,13,14,15). The molecule has 0 spiro atoms. The highest BCUT2D eigenvalue weighted by molar-refractivity contribution is 5.92. The molecule has 1 amide bonds. The van der Waals surface area contributed by atoms with Crippen molar-refractivity contribution >= 4 is 17.7 Å². The quantitative estimate of drug-likeness (QED) is 0.796. The summed E-state index contributed by atoms with van der Waals surface area (Å²) in [6.45, 7) is 0. The first-order valence-corrected chi connectivity index (χ1v) is 5.02. The number of aliphatic carboxylic acids is 1. The summed E-state index contributed by atoms with van der Waals surface area (Å²) in [5.74, 6) is -1.12. The number of hydrogen-bond donors (Lipinski definition) is 2. The Labute approximate surface area is 103 Å². The normalized spacial score (nSPS) is 9.33. The summed E-state index contributed by atoms with van der Waals surface area (Å²) in [4.78, 5) is 25.6. The Morgan fingerprint density at radius 1 is 1.56 bits per heavy atom. The first-order valence-electron chi connectivity index (χ1n) is 5.02. The van der Waals surface area contributed by atoms with Crippen LogP contribution >= 0.6 is 0 Å². The number of amides is 1. The number of nitrogens with one attached hydrogen (secondary N) is 1. The Kier molecular flexibility index (Phi) is 4.63. The first-order chi connectivity index (χ1) is 8.56. The molecule has 7 heteroatoms. The summed E-state index contributed by atoms with van der Waals surface area (Å²) in [6.07, 6.45) is 0.875. The van der Waals surface area contributed by atoms with Crippen LogP contribution in [-0.4, -0.2) is 29.1 Å². The van der Waals surface area contributed by atoms with Crippen LogP contribution in [0, 0.1) is 11.3 Å². The van der Waals surface area contributed by atoms with Crippen molar-refractivity contribution in [3.63, 3.8) is 0 Å². The fourth-order valence-electron chi connectivity index (χ4n) is 1.17. The van der Waals surface area contributed by atoms with Crippen LogP contribution in [0.15, 0.2) is 12.3 Å². The van der Waals surface area contributed by atoms with Crippen LogP contribution in [0.4, 0.5) is 5.82 Å². The number of aromatic nitrogens is 1. The van der Waals surface area contributed by atoms with Crippen molar-refractivity contribution in [2.24, 2.45) is 0 Å². The molecular weight excluding hydrogens is 238 g/mol. The maximum atomic E-state index is 11.4. The summed E-state index contributed by atoms with van der Waals surface area (Å²) >= 11 is 0. The number of ether oxygens (including phenoxy) is 1. The zero-order chi connectivity index (χ0) is 13.5. The van der Waals surface area contributed by atoms with Crippen LogP contribution in [0.2, 0.25) is 0 Å². The predicted molar refractivity (Wildman–Crippen MR) is 61.0 cm³/mol. The van der Waals surface area contributed by atoms with Crippen molar-refractivity contribution in [1.82, 2.24) is 4.98 Å². The molecule has 1 aromatic rings. The highest BCUT2D eigenvalue weighted by Crippen LogP contribution is 2.22. The van der Waals surface area contributed by atoms with Crippen molar-refractivity contribution in [2.45, 2.75) is 12.8 Å². The number of anilines is 1. The molecule has 1 rings (SSSR count). The molecular formula is C11H11N3O4. The average molecular weight is 249 g/mol. The van der Waals surface area contributed by atoms with E-state index >= 15 is 0 Å². The third-order valence-electron chi connectivity index (χ3n) is 2.03. The van der Waals surface area contributed by atoms with Crippen LogP contribution in [0.1, 0.15) is 18.4 Å². The van der Waals surface area contributed by atoms with E-state index in [1.54, 1.807) is 0 Å². The van der Waals surface area contributed by atoms with Gasteiger partial charge < -0.3 is 15.2 Å². The van der Waals surface area contributed by atoms with E-state index < -0.39 is 11.9 Å². The number of nitrogens with zero attached hydrogens (tertiary/aromatic N) is 2. The Morgan fingerprint density at radius 2 is 2.28 bits per heavy atom. The summed E-state index contributed by atoms with van der Waals surface area (Å²) in [7, 11) is 1.38. The number of carboxylic acid groups (broad SMARTS) is 1. The van der Waals surface area contributed by atoms with Gasteiger partial charge in [-0.05, 0) is 0 Å². The molecule has 0 aliphatic heterocycles. The molecule has 1 aromatic heterocycles. The molecule has 0 saturated heterocycles. The van der Waals surface area contributed by atoms with Crippen molar-refractivity contribution in [3.8, 4) is 11.8 Å². The molecule has 0 radical (unpaired) electrons. The van der Waals surface area contributed by atoms with Gasteiger partial charge in [0.05, 0.1) is 19.1 Å². The minimum absolute atomic E-state index is 0.153. The van der Waals surface area contributed by atoms with Crippen molar-refractivity contribution in [2.75, 3.05) is 12.4 Å². The van der Waals surface area contributed by atoms with Crippen molar-refractivity contribution < 1.29 is 19.4 Å². The van der Waals surface area contributed by atoms with Crippen LogP contribution in [-0.2, 0) is 9.59 Å².